The van der Waals surface area contributed by atoms with Crippen LogP contribution in [0.25, 0.3) is 0 Å². The summed E-state index contributed by atoms with van der Waals surface area (Å²) >= 11 is 0. The molecule has 2 aromatic carbocycles. The number of hydrogen-bond acceptors (Lipinski definition) is 1. The molecule has 1 aromatic heterocycles. The number of pyridine rings is 1. The largest absolute Gasteiger partial charge is 1.00 e. The van der Waals surface area contributed by atoms with E-state index in [1.807, 2.05) is 6.07 Å². The van der Waals surface area contributed by atoms with Crippen LogP contribution < -0.4 is 17.0 Å². The summed E-state index contributed by atoms with van der Waals surface area (Å²) in [5.74, 6) is 0. The molecule has 3 rings (SSSR count). The van der Waals surface area contributed by atoms with Crippen molar-refractivity contribution in [1.82, 2.24) is 0 Å². The van der Waals surface area contributed by atoms with Gasteiger partial charge in [-0.3, -0.25) is 0 Å². The highest BCUT2D eigenvalue weighted by Gasteiger charge is 2.04. The van der Waals surface area contributed by atoms with Crippen molar-refractivity contribution in [1.29, 1.82) is 0 Å². The second kappa shape index (κ2) is 16.5. The summed E-state index contributed by atoms with van der Waals surface area (Å²) in [6.07, 6.45) is 16.2. The van der Waals surface area contributed by atoms with Crippen LogP contribution in [0, 0.1) is 0 Å². The molecular weight excluding hydrogens is 414 g/mol. The smallest absolute Gasteiger partial charge is 0.173 e. The van der Waals surface area contributed by atoms with E-state index >= 15 is 0 Å². The molecule has 0 unspecified atom stereocenters. The average Bonchev–Trinajstić information content (AvgIpc) is 2.81. The fraction of sp³-hybridized carbons (Fsp3) is 0.414. The molecule has 0 amide bonds. The monoisotopic (exact) mass is 451 g/mol. The Morgan fingerprint density at radius 2 is 1.12 bits per heavy atom. The highest BCUT2D eigenvalue weighted by Crippen LogP contribution is 2.11. The summed E-state index contributed by atoms with van der Waals surface area (Å²) in [5.41, 5.74) is 4.07. The van der Waals surface area contributed by atoms with Crippen LogP contribution in [0.2, 0.25) is 0 Å². The number of aromatic nitrogens is 1. The Labute approximate surface area is 201 Å². The molecule has 0 aliphatic rings. The van der Waals surface area contributed by atoms with E-state index in [4.69, 9.17) is 4.74 Å². The third-order valence-corrected chi connectivity index (χ3v) is 5.74. The zero-order valence-corrected chi connectivity index (χ0v) is 20.1. The van der Waals surface area contributed by atoms with Crippen LogP contribution in [0.15, 0.2) is 85.2 Å². The molecule has 172 valence electrons. The van der Waals surface area contributed by atoms with Crippen molar-refractivity contribution in [3.8, 4) is 0 Å². The van der Waals surface area contributed by atoms with Gasteiger partial charge in [0.1, 0.15) is 0 Å². The minimum absolute atomic E-state index is 0. The molecule has 0 atom stereocenters. The Bertz CT molecular complexity index is 838. The van der Waals surface area contributed by atoms with Crippen molar-refractivity contribution in [3.05, 3.63) is 102 Å². The molecule has 32 heavy (non-hydrogen) atoms. The van der Waals surface area contributed by atoms with Crippen LogP contribution in [0.5, 0.6) is 0 Å². The molecule has 3 aromatic rings. The Hall–Kier alpha value is -2.16. The molecular formula is C29H38ClNO. The lowest BCUT2D eigenvalue weighted by molar-refractivity contribution is -0.688. The van der Waals surface area contributed by atoms with Gasteiger partial charge >= 0.3 is 0 Å². The lowest BCUT2D eigenvalue weighted by atomic mass is 10.0. The van der Waals surface area contributed by atoms with E-state index in [2.05, 4.69) is 83.7 Å². The van der Waals surface area contributed by atoms with Gasteiger partial charge < -0.3 is 17.1 Å². The maximum atomic E-state index is 5.76. The first-order valence-electron chi connectivity index (χ1n) is 12.0. The predicted octanol–water partition coefficient (Wildman–Crippen LogP) is 3.91. The van der Waals surface area contributed by atoms with Gasteiger partial charge in [0.15, 0.2) is 18.9 Å². The standard InChI is InChI=1S/C29H38NO.ClH/c1(2-4-6-14-23-31-26-29-19-12-8-13-20-29)3-5-9-16-28-21-15-22-30(25-28)24-27-17-10-7-11-18-27;/h7-8,10-13,15,17-22,25H,1-6,9,14,16,23-24,26H2;1H/q+1;/p-1. The van der Waals surface area contributed by atoms with Crippen molar-refractivity contribution in [2.24, 2.45) is 0 Å². The number of rotatable bonds is 15. The number of benzene rings is 2. The molecule has 0 aliphatic heterocycles. The molecule has 0 fully saturated rings. The van der Waals surface area contributed by atoms with Crippen LogP contribution in [0.1, 0.15) is 68.1 Å². The molecule has 2 nitrogen and oxygen atoms in total. The Morgan fingerprint density at radius 3 is 1.81 bits per heavy atom. The van der Waals surface area contributed by atoms with E-state index < -0.39 is 0 Å². The number of aryl methyl sites for hydroxylation is 1. The van der Waals surface area contributed by atoms with E-state index in [-0.39, 0.29) is 12.4 Å². The maximum absolute atomic E-state index is 5.76. The first-order chi connectivity index (χ1) is 15.4. The summed E-state index contributed by atoms with van der Waals surface area (Å²) in [6, 6.07) is 25.6. The fourth-order valence-electron chi connectivity index (χ4n) is 3.97. The minimum Gasteiger partial charge on any atom is -1.00 e. The Morgan fingerprint density at radius 1 is 0.562 bits per heavy atom. The van der Waals surface area contributed by atoms with Crippen LogP contribution in [-0.4, -0.2) is 6.61 Å². The zero-order chi connectivity index (χ0) is 21.4. The minimum atomic E-state index is 0. The Balaban J connectivity index is 0.00000363. The third kappa shape index (κ3) is 10.9. The van der Waals surface area contributed by atoms with Gasteiger partial charge in [-0.2, -0.15) is 0 Å². The second-order valence-corrected chi connectivity index (χ2v) is 8.49. The SMILES string of the molecule is [Cl-].c1ccc(COCCCCCCCCCCc2ccc[n+](Cc3ccccc3)c2)cc1. The van der Waals surface area contributed by atoms with Crippen molar-refractivity contribution in [2.75, 3.05) is 6.61 Å². The van der Waals surface area contributed by atoms with Gasteiger partial charge in [0, 0.05) is 23.8 Å². The van der Waals surface area contributed by atoms with Gasteiger partial charge in [-0.25, -0.2) is 4.57 Å². The van der Waals surface area contributed by atoms with Crippen molar-refractivity contribution in [2.45, 2.75) is 70.9 Å². The summed E-state index contributed by atoms with van der Waals surface area (Å²) in [4.78, 5) is 0. The second-order valence-electron chi connectivity index (χ2n) is 8.49. The van der Waals surface area contributed by atoms with Gasteiger partial charge in [-0.05, 0) is 30.9 Å². The molecule has 0 radical (unpaired) electrons. The average molecular weight is 452 g/mol. The van der Waals surface area contributed by atoms with E-state index in [1.54, 1.807) is 0 Å². The molecule has 0 saturated heterocycles. The third-order valence-electron chi connectivity index (χ3n) is 5.74. The molecule has 1 heterocycles. The summed E-state index contributed by atoms with van der Waals surface area (Å²) < 4.78 is 8.06. The quantitative estimate of drug-likeness (QED) is 0.252. The number of ether oxygens (including phenoxy) is 1. The lowest BCUT2D eigenvalue weighted by Gasteiger charge is -2.05. The van der Waals surface area contributed by atoms with Crippen LogP contribution >= 0.6 is 0 Å². The molecule has 0 bridgehead atoms. The summed E-state index contributed by atoms with van der Waals surface area (Å²) in [7, 11) is 0. The predicted molar refractivity (Wildman–Crippen MR) is 129 cm³/mol. The number of hydrogen-bond donors (Lipinski definition) is 0. The number of halogens is 1. The van der Waals surface area contributed by atoms with Crippen LogP contribution in [-0.2, 0) is 24.3 Å². The van der Waals surface area contributed by atoms with Crippen LogP contribution in [0.4, 0.5) is 0 Å². The first kappa shape index (κ1) is 26.1. The highest BCUT2D eigenvalue weighted by atomic mass is 35.5. The Kier molecular flexibility index (Phi) is 13.4. The van der Waals surface area contributed by atoms with Gasteiger partial charge in [-0.1, -0.05) is 99.2 Å². The fourth-order valence-corrected chi connectivity index (χ4v) is 3.97. The summed E-state index contributed by atoms with van der Waals surface area (Å²) in [6.45, 7) is 2.58. The van der Waals surface area contributed by atoms with E-state index in [9.17, 15) is 0 Å². The first-order valence-corrected chi connectivity index (χ1v) is 12.0. The number of unbranched alkanes of at least 4 members (excludes halogenated alkanes) is 7. The lowest BCUT2D eigenvalue weighted by Crippen LogP contribution is -3.00. The van der Waals surface area contributed by atoms with Crippen molar-refractivity contribution >= 4 is 0 Å². The van der Waals surface area contributed by atoms with Crippen molar-refractivity contribution in [3.63, 3.8) is 0 Å². The van der Waals surface area contributed by atoms with E-state index in [0.717, 1.165) is 19.8 Å². The zero-order valence-electron chi connectivity index (χ0n) is 19.3. The topological polar surface area (TPSA) is 13.1 Å². The molecule has 0 N–H and O–H groups in total. The molecule has 0 aliphatic carbocycles. The summed E-state index contributed by atoms with van der Waals surface area (Å²) in [5, 5.41) is 0. The van der Waals surface area contributed by atoms with E-state index in [1.165, 1.54) is 74.5 Å². The van der Waals surface area contributed by atoms with Gasteiger partial charge in [0.05, 0.1) is 6.61 Å². The maximum Gasteiger partial charge on any atom is 0.173 e. The van der Waals surface area contributed by atoms with Crippen LogP contribution in [0.3, 0.4) is 0 Å². The highest BCUT2D eigenvalue weighted by molar-refractivity contribution is 5.14. The van der Waals surface area contributed by atoms with Gasteiger partial charge in [0.2, 0.25) is 0 Å². The van der Waals surface area contributed by atoms with Gasteiger partial charge in [-0.15, -0.1) is 0 Å². The van der Waals surface area contributed by atoms with Gasteiger partial charge in [0.25, 0.3) is 0 Å². The molecule has 3 heteroatoms. The normalized spacial score (nSPS) is 10.6. The van der Waals surface area contributed by atoms with Crippen molar-refractivity contribution < 1.29 is 21.7 Å². The molecule has 0 spiro atoms. The molecule has 0 saturated carbocycles. The number of nitrogens with zero attached hydrogens (tertiary/aromatic N) is 1. The van der Waals surface area contributed by atoms with E-state index in [0.29, 0.717) is 0 Å².